The zero-order valence-electron chi connectivity index (χ0n) is 23.3. The molecule has 200 valence electrons. The van der Waals surface area contributed by atoms with Gasteiger partial charge >= 0.3 is 34.2 Å². The minimum Gasteiger partial charge on any atom is -0.415 e. The van der Waals surface area contributed by atoms with Crippen LogP contribution in [0.4, 0.5) is 0 Å². The minimum absolute atomic E-state index is 0.532. The molecule has 0 aromatic heterocycles. The van der Waals surface area contributed by atoms with Gasteiger partial charge < -0.3 is 16.5 Å². The average molecular weight is 561 g/mol. The first kappa shape index (κ1) is 27.2. The van der Waals surface area contributed by atoms with E-state index in [4.69, 9.17) is 16.5 Å². The second-order valence-corrected chi connectivity index (χ2v) is 27.7. The molecule has 5 fully saturated rings. The maximum atomic E-state index is 7.81. The summed E-state index contributed by atoms with van der Waals surface area (Å²) in [5, 5.41) is 0. The third-order valence-electron chi connectivity index (χ3n) is 8.37. The molecule has 0 unspecified atom stereocenters. The average Bonchev–Trinajstić information content (AvgIpc) is 3.61. The lowest BCUT2D eigenvalue weighted by atomic mass is 10.4. The molecule has 0 bridgehead atoms. The molecule has 0 atom stereocenters. The van der Waals surface area contributed by atoms with Crippen molar-refractivity contribution in [2.45, 2.75) is 125 Å². The highest BCUT2D eigenvalue weighted by atomic mass is 28.5. The molecule has 0 aromatic carbocycles. The molecule has 0 radical (unpaired) electrons. The standard InChI is InChI=1S/C28H48O4Si4/c1-21(2)17-33(25-9-10-25)29-34(18-22(3)4,26-11-12-26)31-36(20-24(7)8,28-15-16-28)32-35(30-33,19-23(5)6)27-13-14-27/h25-28H,1,3,5,7,9-20H2,2,4,6,8H3. The van der Waals surface area contributed by atoms with Crippen molar-refractivity contribution in [2.75, 3.05) is 0 Å². The Morgan fingerprint density at radius 2 is 0.611 bits per heavy atom. The first-order valence-corrected chi connectivity index (χ1v) is 22.7. The quantitative estimate of drug-likeness (QED) is 0.176. The summed E-state index contributed by atoms with van der Waals surface area (Å²) in [6.45, 7) is 26.2. The van der Waals surface area contributed by atoms with Crippen molar-refractivity contribution in [1.82, 2.24) is 0 Å². The van der Waals surface area contributed by atoms with Gasteiger partial charge in [0.05, 0.1) is 0 Å². The molecule has 1 heterocycles. The number of hydrogen-bond acceptors (Lipinski definition) is 4. The van der Waals surface area contributed by atoms with Gasteiger partial charge in [-0.3, -0.25) is 0 Å². The van der Waals surface area contributed by atoms with Crippen molar-refractivity contribution in [1.29, 1.82) is 0 Å². The van der Waals surface area contributed by atoms with Crippen LogP contribution < -0.4 is 0 Å². The first-order chi connectivity index (χ1) is 16.9. The van der Waals surface area contributed by atoms with E-state index in [0.717, 1.165) is 24.2 Å². The number of allylic oxidation sites excluding steroid dienone is 4. The second kappa shape index (κ2) is 9.69. The molecule has 0 N–H and O–H groups in total. The first-order valence-electron chi connectivity index (χ1n) is 14.3. The molecular formula is C28H48O4Si4. The van der Waals surface area contributed by atoms with Crippen LogP contribution in [-0.2, 0) is 16.5 Å². The summed E-state index contributed by atoms with van der Waals surface area (Å²) < 4.78 is 31.2. The molecule has 4 aliphatic carbocycles. The summed E-state index contributed by atoms with van der Waals surface area (Å²) in [6.07, 6.45) is 9.67. The van der Waals surface area contributed by atoms with Gasteiger partial charge in [0.2, 0.25) is 0 Å². The van der Waals surface area contributed by atoms with Gasteiger partial charge in [0.1, 0.15) is 0 Å². The van der Waals surface area contributed by atoms with Gasteiger partial charge in [0.15, 0.2) is 0 Å². The molecule has 0 spiro atoms. The molecule has 1 aliphatic heterocycles. The van der Waals surface area contributed by atoms with Crippen LogP contribution in [0.3, 0.4) is 0 Å². The lowest BCUT2D eigenvalue weighted by Crippen LogP contribution is -2.71. The predicted octanol–water partition coefficient (Wildman–Crippen LogP) is 8.80. The Morgan fingerprint density at radius 1 is 0.444 bits per heavy atom. The van der Waals surface area contributed by atoms with Crippen LogP contribution in [0.25, 0.3) is 0 Å². The van der Waals surface area contributed by atoms with Gasteiger partial charge in [0.25, 0.3) is 0 Å². The smallest absolute Gasteiger partial charge is 0.327 e. The number of hydrogen-bond donors (Lipinski definition) is 0. The fourth-order valence-corrected chi connectivity index (χ4v) is 34.4. The Balaban J connectivity index is 1.69. The third-order valence-corrected chi connectivity index (χ3v) is 31.1. The van der Waals surface area contributed by atoms with E-state index in [0.29, 0.717) is 22.2 Å². The molecule has 0 amide bonds. The van der Waals surface area contributed by atoms with E-state index in [-0.39, 0.29) is 0 Å². The minimum atomic E-state index is -2.67. The maximum absolute atomic E-state index is 7.81. The topological polar surface area (TPSA) is 36.9 Å². The molecule has 4 saturated carbocycles. The van der Waals surface area contributed by atoms with E-state index in [1.165, 1.54) is 73.7 Å². The monoisotopic (exact) mass is 560 g/mol. The summed E-state index contributed by atoms with van der Waals surface area (Å²) in [4.78, 5) is 0. The summed E-state index contributed by atoms with van der Waals surface area (Å²) >= 11 is 0. The second-order valence-electron chi connectivity index (χ2n) is 13.3. The van der Waals surface area contributed by atoms with Crippen molar-refractivity contribution in [3.05, 3.63) is 48.6 Å². The summed E-state index contributed by atoms with van der Waals surface area (Å²) in [6, 6.07) is 3.49. The Bertz CT molecular complexity index is 785. The van der Waals surface area contributed by atoms with Gasteiger partial charge in [-0.25, -0.2) is 0 Å². The molecule has 5 aliphatic rings. The zero-order chi connectivity index (χ0) is 25.9. The highest BCUT2D eigenvalue weighted by Gasteiger charge is 2.72. The molecule has 8 heteroatoms. The molecular weight excluding hydrogens is 513 g/mol. The van der Waals surface area contributed by atoms with E-state index >= 15 is 0 Å². The Labute approximate surface area is 224 Å². The van der Waals surface area contributed by atoms with Gasteiger partial charge in [-0.1, -0.05) is 22.3 Å². The van der Waals surface area contributed by atoms with Crippen molar-refractivity contribution in [3.63, 3.8) is 0 Å². The van der Waals surface area contributed by atoms with Gasteiger partial charge in [-0.05, 0) is 79.1 Å². The largest absolute Gasteiger partial charge is 0.415 e. The molecule has 0 aromatic rings. The van der Waals surface area contributed by atoms with Gasteiger partial charge in [-0.2, -0.15) is 0 Å². The van der Waals surface area contributed by atoms with Gasteiger partial charge in [0, 0.05) is 46.3 Å². The normalized spacial score (nSPS) is 39.2. The fourth-order valence-electron chi connectivity index (χ4n) is 6.56. The predicted molar refractivity (Wildman–Crippen MR) is 158 cm³/mol. The molecule has 36 heavy (non-hydrogen) atoms. The van der Waals surface area contributed by atoms with Crippen molar-refractivity contribution >= 4 is 34.2 Å². The maximum Gasteiger partial charge on any atom is 0.327 e. The van der Waals surface area contributed by atoms with Crippen molar-refractivity contribution < 1.29 is 16.5 Å². The Morgan fingerprint density at radius 3 is 0.722 bits per heavy atom. The lowest BCUT2D eigenvalue weighted by molar-refractivity contribution is 0.208. The summed E-state index contributed by atoms with van der Waals surface area (Å²) in [5.41, 5.74) is 6.87. The van der Waals surface area contributed by atoms with Crippen LogP contribution in [0.15, 0.2) is 48.6 Å². The van der Waals surface area contributed by atoms with Crippen LogP contribution in [0.5, 0.6) is 0 Å². The van der Waals surface area contributed by atoms with Crippen LogP contribution >= 0.6 is 0 Å². The SMILES string of the molecule is C=C(C)C[Si]1(C2CC2)O[Si](CC(=C)C)(C2CC2)O[Si](CC(=C)C)(C2CC2)O[Si](CC(=C)C)(C2CC2)O1. The van der Waals surface area contributed by atoms with Crippen molar-refractivity contribution in [2.24, 2.45) is 0 Å². The van der Waals surface area contributed by atoms with E-state index in [1.807, 2.05) is 0 Å². The van der Waals surface area contributed by atoms with Crippen LogP contribution in [-0.4, -0.2) is 34.2 Å². The van der Waals surface area contributed by atoms with E-state index in [1.54, 1.807) is 0 Å². The molecule has 5 rings (SSSR count). The third kappa shape index (κ3) is 5.66. The summed E-state index contributed by atoms with van der Waals surface area (Å²) in [7, 11) is -10.7. The van der Waals surface area contributed by atoms with Crippen LogP contribution in [0.2, 0.25) is 46.3 Å². The lowest BCUT2D eigenvalue weighted by Gasteiger charge is -2.55. The van der Waals surface area contributed by atoms with Crippen LogP contribution in [0.1, 0.15) is 79.1 Å². The van der Waals surface area contributed by atoms with Gasteiger partial charge in [-0.15, -0.1) is 26.3 Å². The van der Waals surface area contributed by atoms with Crippen molar-refractivity contribution in [3.8, 4) is 0 Å². The van der Waals surface area contributed by atoms with Crippen LogP contribution in [0, 0.1) is 0 Å². The Hall–Kier alpha value is -0.332. The van der Waals surface area contributed by atoms with E-state index in [2.05, 4.69) is 54.0 Å². The van der Waals surface area contributed by atoms with E-state index in [9.17, 15) is 0 Å². The molecule has 1 saturated heterocycles. The number of rotatable bonds is 12. The fraction of sp³-hybridized carbons (Fsp3) is 0.714. The zero-order valence-corrected chi connectivity index (χ0v) is 27.3. The summed E-state index contributed by atoms with van der Waals surface area (Å²) in [5.74, 6) is 0. The molecule has 4 nitrogen and oxygen atoms in total. The highest BCUT2D eigenvalue weighted by molar-refractivity contribution is 6.97. The highest BCUT2D eigenvalue weighted by Crippen LogP contribution is 2.64. The Kier molecular flexibility index (Phi) is 7.34. The van der Waals surface area contributed by atoms with E-state index < -0.39 is 34.2 Å².